The molecule has 0 aromatic heterocycles. The van der Waals surface area contributed by atoms with Crippen molar-refractivity contribution in [2.24, 2.45) is 10.9 Å². The molecule has 4 N–H and O–H groups in total. The summed E-state index contributed by atoms with van der Waals surface area (Å²) in [7, 11) is 2.14. The summed E-state index contributed by atoms with van der Waals surface area (Å²) in [5.41, 5.74) is 5.54. The zero-order valence-corrected chi connectivity index (χ0v) is 9.61. The number of hydrogen-bond donors (Lipinski definition) is 3. The highest BCUT2D eigenvalue weighted by atomic mass is 16.4. The molecular formula is C10H22N4O. The van der Waals surface area contributed by atoms with Crippen LogP contribution in [0.4, 0.5) is 0 Å². The number of nitrogens with zero attached hydrogens (tertiary/aromatic N) is 2. The molecule has 1 unspecified atom stereocenters. The van der Waals surface area contributed by atoms with E-state index < -0.39 is 0 Å². The van der Waals surface area contributed by atoms with E-state index in [2.05, 4.69) is 22.4 Å². The number of nitrogens with one attached hydrogen (secondary N) is 1. The molecule has 0 heterocycles. The number of likely N-dealkylation sites (N-methyl/N-ethyl adjacent to an activating group) is 1. The van der Waals surface area contributed by atoms with E-state index in [1.807, 2.05) is 6.92 Å². The van der Waals surface area contributed by atoms with Gasteiger partial charge in [-0.2, -0.15) is 0 Å². The van der Waals surface area contributed by atoms with Gasteiger partial charge in [0.25, 0.3) is 0 Å². The van der Waals surface area contributed by atoms with Crippen LogP contribution in [-0.2, 0) is 0 Å². The predicted octanol–water partition coefficient (Wildman–Crippen LogP) is 0.195. The van der Waals surface area contributed by atoms with Crippen LogP contribution in [0.5, 0.6) is 0 Å². The second kappa shape index (κ2) is 5.92. The number of hydrogen-bond acceptors (Lipinski definition) is 4. The molecule has 1 aliphatic rings. The van der Waals surface area contributed by atoms with Gasteiger partial charge >= 0.3 is 0 Å². The van der Waals surface area contributed by atoms with E-state index >= 15 is 0 Å². The van der Waals surface area contributed by atoms with Crippen LogP contribution in [0.15, 0.2) is 5.16 Å². The molecule has 0 saturated heterocycles. The Hall–Kier alpha value is -0.810. The summed E-state index contributed by atoms with van der Waals surface area (Å²) < 4.78 is 0. The van der Waals surface area contributed by atoms with Crippen molar-refractivity contribution in [2.45, 2.75) is 38.3 Å². The first-order valence-electron chi connectivity index (χ1n) is 5.60. The highest BCUT2D eigenvalue weighted by Crippen LogP contribution is 2.24. The molecule has 1 atom stereocenters. The standard InChI is InChI=1S/C10H22N4O/c1-3-9(10(11)13-15)12-6-7-14(2)8-4-5-8/h8-9,12,15H,3-7H2,1-2H3,(H2,11,13). The van der Waals surface area contributed by atoms with Crippen LogP contribution < -0.4 is 11.1 Å². The van der Waals surface area contributed by atoms with E-state index in [4.69, 9.17) is 10.9 Å². The lowest BCUT2D eigenvalue weighted by Crippen LogP contribution is -2.44. The van der Waals surface area contributed by atoms with E-state index in [-0.39, 0.29) is 11.9 Å². The van der Waals surface area contributed by atoms with Gasteiger partial charge in [-0.05, 0) is 26.3 Å². The maximum absolute atomic E-state index is 8.56. The van der Waals surface area contributed by atoms with Crippen LogP contribution in [0, 0.1) is 0 Å². The van der Waals surface area contributed by atoms with Crippen LogP contribution in [0.25, 0.3) is 0 Å². The maximum atomic E-state index is 8.56. The molecule has 5 nitrogen and oxygen atoms in total. The molecule has 15 heavy (non-hydrogen) atoms. The molecule has 5 heteroatoms. The van der Waals surface area contributed by atoms with Crippen LogP contribution >= 0.6 is 0 Å². The van der Waals surface area contributed by atoms with Crippen molar-refractivity contribution in [2.75, 3.05) is 20.1 Å². The highest BCUT2D eigenvalue weighted by molar-refractivity contribution is 5.85. The minimum atomic E-state index is -0.0115. The first-order valence-corrected chi connectivity index (χ1v) is 5.60. The van der Waals surface area contributed by atoms with Crippen LogP contribution in [0.3, 0.4) is 0 Å². The number of rotatable bonds is 7. The van der Waals surface area contributed by atoms with Gasteiger partial charge in [0.1, 0.15) is 0 Å². The summed E-state index contributed by atoms with van der Waals surface area (Å²) in [5.74, 6) is 0.270. The van der Waals surface area contributed by atoms with Crippen molar-refractivity contribution in [3.63, 3.8) is 0 Å². The average molecular weight is 214 g/mol. The van der Waals surface area contributed by atoms with E-state index in [0.717, 1.165) is 25.6 Å². The Morgan fingerprint density at radius 2 is 2.33 bits per heavy atom. The van der Waals surface area contributed by atoms with E-state index in [1.54, 1.807) is 0 Å². The second-order valence-electron chi connectivity index (χ2n) is 4.15. The van der Waals surface area contributed by atoms with Crippen LogP contribution in [-0.4, -0.2) is 48.2 Å². The van der Waals surface area contributed by atoms with Gasteiger partial charge in [0.05, 0.1) is 6.04 Å². The Balaban J connectivity index is 2.16. The van der Waals surface area contributed by atoms with Gasteiger partial charge in [0.2, 0.25) is 0 Å². The zero-order chi connectivity index (χ0) is 11.3. The lowest BCUT2D eigenvalue weighted by Gasteiger charge is -2.19. The van der Waals surface area contributed by atoms with Gasteiger partial charge in [0, 0.05) is 19.1 Å². The summed E-state index contributed by atoms with van der Waals surface area (Å²) in [6.45, 7) is 3.90. The fourth-order valence-corrected chi connectivity index (χ4v) is 1.64. The van der Waals surface area contributed by atoms with Gasteiger partial charge in [0.15, 0.2) is 5.84 Å². The van der Waals surface area contributed by atoms with Gasteiger partial charge in [-0.25, -0.2) is 0 Å². The Kier molecular flexibility index (Phi) is 4.84. The molecule has 0 amide bonds. The highest BCUT2D eigenvalue weighted by Gasteiger charge is 2.25. The predicted molar refractivity (Wildman–Crippen MR) is 61.1 cm³/mol. The van der Waals surface area contributed by atoms with Crippen LogP contribution in [0.1, 0.15) is 26.2 Å². The third kappa shape index (κ3) is 4.05. The second-order valence-corrected chi connectivity index (χ2v) is 4.15. The molecule has 0 bridgehead atoms. The van der Waals surface area contributed by atoms with Crippen molar-refractivity contribution < 1.29 is 5.21 Å². The SMILES string of the molecule is CCC(NCCN(C)C1CC1)C(N)=NO. The van der Waals surface area contributed by atoms with Gasteiger partial charge in [-0.1, -0.05) is 12.1 Å². The molecule has 0 spiro atoms. The molecule has 1 rings (SSSR count). The molecule has 0 aromatic carbocycles. The Bertz CT molecular complexity index is 215. The van der Waals surface area contributed by atoms with Crippen molar-refractivity contribution in [1.82, 2.24) is 10.2 Å². The number of nitrogens with two attached hydrogens (primary N) is 1. The number of amidine groups is 1. The minimum Gasteiger partial charge on any atom is -0.409 e. The third-order valence-electron chi connectivity index (χ3n) is 2.91. The molecule has 0 radical (unpaired) electrons. The minimum absolute atomic E-state index is 0.0115. The first-order chi connectivity index (χ1) is 7.19. The van der Waals surface area contributed by atoms with Gasteiger partial charge in [-0.15, -0.1) is 0 Å². The Morgan fingerprint density at radius 1 is 1.67 bits per heavy atom. The van der Waals surface area contributed by atoms with Crippen molar-refractivity contribution in [3.8, 4) is 0 Å². The average Bonchev–Trinajstić information content (AvgIpc) is 3.06. The molecule has 1 fully saturated rings. The van der Waals surface area contributed by atoms with Gasteiger partial charge in [-0.3, -0.25) is 0 Å². The van der Waals surface area contributed by atoms with Crippen molar-refractivity contribution in [1.29, 1.82) is 0 Å². The molecule has 1 saturated carbocycles. The van der Waals surface area contributed by atoms with Crippen molar-refractivity contribution >= 4 is 5.84 Å². The zero-order valence-electron chi connectivity index (χ0n) is 9.61. The molecule has 1 aliphatic carbocycles. The topological polar surface area (TPSA) is 73.9 Å². The monoisotopic (exact) mass is 214 g/mol. The number of oxime groups is 1. The van der Waals surface area contributed by atoms with E-state index in [9.17, 15) is 0 Å². The summed E-state index contributed by atoms with van der Waals surface area (Å²) in [6, 6.07) is 0.776. The molecule has 88 valence electrons. The summed E-state index contributed by atoms with van der Waals surface area (Å²) in [6.07, 6.45) is 3.49. The first kappa shape index (κ1) is 12.3. The van der Waals surface area contributed by atoms with E-state index in [1.165, 1.54) is 12.8 Å². The fourth-order valence-electron chi connectivity index (χ4n) is 1.64. The Morgan fingerprint density at radius 3 is 2.80 bits per heavy atom. The molecule has 0 aliphatic heterocycles. The summed E-state index contributed by atoms with van der Waals surface area (Å²) in [5, 5.41) is 14.9. The maximum Gasteiger partial charge on any atom is 0.156 e. The van der Waals surface area contributed by atoms with Gasteiger partial charge < -0.3 is 21.2 Å². The molecule has 0 aromatic rings. The lowest BCUT2D eigenvalue weighted by molar-refractivity contribution is 0.308. The lowest BCUT2D eigenvalue weighted by atomic mass is 10.2. The Labute approximate surface area is 91.3 Å². The quantitative estimate of drug-likeness (QED) is 0.245. The summed E-state index contributed by atoms with van der Waals surface area (Å²) in [4.78, 5) is 2.35. The van der Waals surface area contributed by atoms with E-state index in [0.29, 0.717) is 0 Å². The largest absolute Gasteiger partial charge is 0.409 e. The fraction of sp³-hybridized carbons (Fsp3) is 0.900. The normalized spacial score (nSPS) is 19.5. The molecular weight excluding hydrogens is 192 g/mol. The van der Waals surface area contributed by atoms with Crippen LogP contribution in [0.2, 0.25) is 0 Å². The smallest absolute Gasteiger partial charge is 0.156 e. The third-order valence-corrected chi connectivity index (χ3v) is 2.91. The van der Waals surface area contributed by atoms with Crippen molar-refractivity contribution in [3.05, 3.63) is 0 Å². The summed E-state index contributed by atoms with van der Waals surface area (Å²) >= 11 is 0.